The third kappa shape index (κ3) is 2.69. The molecular formula is C14H26N2O2. The van der Waals surface area contributed by atoms with E-state index in [-0.39, 0.29) is 24.0 Å². The Hall–Kier alpha value is -0.610. The van der Waals surface area contributed by atoms with Crippen LogP contribution in [0.3, 0.4) is 0 Å². The van der Waals surface area contributed by atoms with E-state index >= 15 is 0 Å². The monoisotopic (exact) mass is 254 g/mol. The summed E-state index contributed by atoms with van der Waals surface area (Å²) in [5.74, 6) is 0.252. The van der Waals surface area contributed by atoms with Gasteiger partial charge in [0.2, 0.25) is 5.91 Å². The Labute approximate surface area is 110 Å². The van der Waals surface area contributed by atoms with Gasteiger partial charge in [0.05, 0.1) is 6.04 Å². The lowest BCUT2D eigenvalue weighted by atomic mass is 9.69. The normalized spacial score (nSPS) is 24.1. The molecule has 1 aliphatic carbocycles. The van der Waals surface area contributed by atoms with Crippen LogP contribution >= 0.6 is 0 Å². The topological polar surface area (TPSA) is 43.8 Å². The maximum Gasteiger partial charge on any atom is 0.239 e. The minimum absolute atomic E-state index is 0.0628. The van der Waals surface area contributed by atoms with Crippen LogP contribution in [0.5, 0.6) is 0 Å². The lowest BCUT2D eigenvalue weighted by molar-refractivity contribution is -0.136. The van der Waals surface area contributed by atoms with E-state index in [4.69, 9.17) is 0 Å². The van der Waals surface area contributed by atoms with E-state index < -0.39 is 0 Å². The number of amides is 1. The summed E-state index contributed by atoms with van der Waals surface area (Å²) in [7, 11) is 2.01. The van der Waals surface area contributed by atoms with Crippen molar-refractivity contribution >= 4 is 5.91 Å². The minimum Gasteiger partial charge on any atom is -0.396 e. The fraction of sp³-hybridized carbons (Fsp3) is 0.929. The zero-order chi connectivity index (χ0) is 13.2. The van der Waals surface area contributed by atoms with Crippen LogP contribution in [0.4, 0.5) is 0 Å². The van der Waals surface area contributed by atoms with Gasteiger partial charge in [-0.25, -0.2) is 0 Å². The fourth-order valence-corrected chi connectivity index (χ4v) is 3.10. The molecule has 2 aliphatic rings. The number of rotatable bonds is 5. The first-order valence-corrected chi connectivity index (χ1v) is 7.18. The molecule has 1 amide bonds. The fourth-order valence-electron chi connectivity index (χ4n) is 3.10. The second kappa shape index (κ2) is 5.57. The average molecular weight is 254 g/mol. The van der Waals surface area contributed by atoms with Crippen molar-refractivity contribution in [2.45, 2.75) is 45.1 Å². The molecule has 1 saturated carbocycles. The van der Waals surface area contributed by atoms with E-state index in [1.54, 1.807) is 0 Å². The van der Waals surface area contributed by atoms with Crippen molar-refractivity contribution in [2.24, 2.45) is 5.41 Å². The average Bonchev–Trinajstić information content (AvgIpc) is 2.85. The van der Waals surface area contributed by atoms with Crippen LogP contribution in [0.2, 0.25) is 0 Å². The summed E-state index contributed by atoms with van der Waals surface area (Å²) < 4.78 is 0. The molecule has 1 N–H and O–H groups in total. The number of hydrogen-bond donors (Lipinski definition) is 1. The molecule has 2 fully saturated rings. The highest BCUT2D eigenvalue weighted by Crippen LogP contribution is 2.41. The first-order valence-electron chi connectivity index (χ1n) is 7.18. The van der Waals surface area contributed by atoms with E-state index in [1.165, 1.54) is 6.42 Å². The summed E-state index contributed by atoms with van der Waals surface area (Å²) in [5.41, 5.74) is 0.0638. The van der Waals surface area contributed by atoms with Crippen LogP contribution in [0.25, 0.3) is 0 Å². The standard InChI is InChI=1S/C14H26N2O2/c1-12(13(18)16-8-3-4-9-16)15(2)10-14(11-17)6-5-7-14/h12,17H,3-11H2,1-2H3/t12-/m1/s1. The molecule has 2 rings (SSSR count). The Morgan fingerprint density at radius 2 is 1.94 bits per heavy atom. The van der Waals surface area contributed by atoms with Gasteiger partial charge in [-0.3, -0.25) is 9.69 Å². The Morgan fingerprint density at radius 3 is 2.39 bits per heavy atom. The minimum atomic E-state index is -0.0628. The van der Waals surface area contributed by atoms with E-state index in [0.717, 1.165) is 45.3 Å². The largest absolute Gasteiger partial charge is 0.396 e. The number of hydrogen-bond acceptors (Lipinski definition) is 3. The molecule has 1 atom stereocenters. The second-order valence-corrected chi connectivity index (χ2v) is 6.14. The van der Waals surface area contributed by atoms with Gasteiger partial charge >= 0.3 is 0 Å². The second-order valence-electron chi connectivity index (χ2n) is 6.14. The molecule has 104 valence electrons. The molecule has 0 bridgehead atoms. The first kappa shape index (κ1) is 13.8. The quantitative estimate of drug-likeness (QED) is 0.799. The first-order chi connectivity index (χ1) is 8.58. The van der Waals surface area contributed by atoms with Gasteiger partial charge in [-0.2, -0.15) is 0 Å². The van der Waals surface area contributed by atoms with Crippen LogP contribution in [0, 0.1) is 5.41 Å². The van der Waals surface area contributed by atoms with E-state index in [1.807, 2.05) is 18.9 Å². The molecule has 1 aliphatic heterocycles. The van der Waals surface area contributed by atoms with Crippen LogP contribution in [-0.2, 0) is 4.79 Å². The van der Waals surface area contributed by atoms with Crippen molar-refractivity contribution in [3.8, 4) is 0 Å². The third-order valence-corrected chi connectivity index (χ3v) is 4.77. The SMILES string of the molecule is C[C@H](C(=O)N1CCCC1)N(C)CC1(CO)CCC1. The van der Waals surface area contributed by atoms with Gasteiger partial charge < -0.3 is 10.0 Å². The smallest absolute Gasteiger partial charge is 0.239 e. The van der Waals surface area contributed by atoms with E-state index in [2.05, 4.69) is 4.90 Å². The molecule has 4 nitrogen and oxygen atoms in total. The van der Waals surface area contributed by atoms with Crippen molar-refractivity contribution in [1.82, 2.24) is 9.80 Å². The molecule has 18 heavy (non-hydrogen) atoms. The summed E-state index contributed by atoms with van der Waals surface area (Å²) in [6.45, 7) is 4.92. The van der Waals surface area contributed by atoms with Crippen molar-refractivity contribution in [1.29, 1.82) is 0 Å². The number of carbonyl (C=O) groups excluding carboxylic acids is 1. The molecule has 1 saturated heterocycles. The molecule has 0 spiro atoms. The van der Waals surface area contributed by atoms with Crippen LogP contribution in [0.15, 0.2) is 0 Å². The molecular weight excluding hydrogens is 228 g/mol. The van der Waals surface area contributed by atoms with Gasteiger partial charge in [0.1, 0.15) is 0 Å². The van der Waals surface area contributed by atoms with Gasteiger partial charge in [0.25, 0.3) is 0 Å². The predicted octanol–water partition coefficient (Wildman–Crippen LogP) is 1.09. The van der Waals surface area contributed by atoms with Gasteiger partial charge in [0, 0.05) is 31.7 Å². The zero-order valence-electron chi connectivity index (χ0n) is 11.7. The van der Waals surface area contributed by atoms with Crippen molar-refractivity contribution < 1.29 is 9.90 Å². The van der Waals surface area contributed by atoms with Crippen molar-refractivity contribution in [3.05, 3.63) is 0 Å². The van der Waals surface area contributed by atoms with Crippen LogP contribution in [-0.4, -0.2) is 60.1 Å². The lowest BCUT2D eigenvalue weighted by Gasteiger charge is -2.44. The van der Waals surface area contributed by atoms with Crippen molar-refractivity contribution in [2.75, 3.05) is 33.3 Å². The predicted molar refractivity (Wildman–Crippen MR) is 71.3 cm³/mol. The Bertz CT molecular complexity index is 291. The summed E-state index contributed by atoms with van der Waals surface area (Å²) in [6.07, 6.45) is 5.69. The molecule has 0 radical (unpaired) electrons. The Kier molecular flexibility index (Phi) is 4.28. The number of carbonyl (C=O) groups is 1. The zero-order valence-corrected chi connectivity index (χ0v) is 11.7. The summed E-state index contributed by atoms with van der Waals surface area (Å²) in [6, 6.07) is -0.0628. The number of aliphatic hydroxyl groups excluding tert-OH is 1. The maximum atomic E-state index is 12.3. The third-order valence-electron chi connectivity index (χ3n) is 4.77. The molecule has 0 aromatic heterocycles. The van der Waals surface area contributed by atoms with E-state index in [9.17, 15) is 9.90 Å². The number of likely N-dealkylation sites (tertiary alicyclic amines) is 1. The van der Waals surface area contributed by atoms with Crippen molar-refractivity contribution in [3.63, 3.8) is 0 Å². The highest BCUT2D eigenvalue weighted by Gasteiger charge is 2.39. The maximum absolute atomic E-state index is 12.3. The number of nitrogens with zero attached hydrogens (tertiary/aromatic N) is 2. The van der Waals surface area contributed by atoms with E-state index in [0.29, 0.717) is 0 Å². The van der Waals surface area contributed by atoms with Gasteiger partial charge in [-0.15, -0.1) is 0 Å². The molecule has 0 aromatic rings. The van der Waals surface area contributed by atoms with Gasteiger partial charge in [-0.05, 0) is 39.7 Å². The number of likely N-dealkylation sites (N-methyl/N-ethyl adjacent to an activating group) is 1. The molecule has 4 heteroatoms. The van der Waals surface area contributed by atoms with Gasteiger partial charge in [-0.1, -0.05) is 6.42 Å². The Morgan fingerprint density at radius 1 is 1.33 bits per heavy atom. The van der Waals surface area contributed by atoms with Crippen LogP contribution in [0.1, 0.15) is 39.0 Å². The lowest BCUT2D eigenvalue weighted by Crippen LogP contribution is -2.51. The van der Waals surface area contributed by atoms with Gasteiger partial charge in [0.15, 0.2) is 0 Å². The highest BCUT2D eigenvalue weighted by molar-refractivity contribution is 5.81. The summed E-state index contributed by atoms with van der Waals surface area (Å²) in [4.78, 5) is 16.4. The molecule has 0 unspecified atom stereocenters. The highest BCUT2D eigenvalue weighted by atomic mass is 16.3. The summed E-state index contributed by atoms with van der Waals surface area (Å²) >= 11 is 0. The number of aliphatic hydroxyl groups is 1. The Balaban J connectivity index is 1.87. The van der Waals surface area contributed by atoms with Crippen LogP contribution < -0.4 is 0 Å². The summed E-state index contributed by atoms with van der Waals surface area (Å²) in [5, 5.41) is 9.50. The molecule has 1 heterocycles. The molecule has 0 aromatic carbocycles.